The molecule has 28 heavy (non-hydrogen) atoms. The Bertz CT molecular complexity index is 869. The third-order valence-electron chi connectivity index (χ3n) is 4.70. The Kier molecular flexibility index (Phi) is 6.26. The van der Waals surface area contributed by atoms with Gasteiger partial charge in [-0.25, -0.2) is 9.97 Å². The summed E-state index contributed by atoms with van der Waals surface area (Å²) in [6, 6.07) is 6.91. The molecule has 0 bridgehead atoms. The van der Waals surface area contributed by atoms with E-state index in [2.05, 4.69) is 15.3 Å². The predicted molar refractivity (Wildman–Crippen MR) is 109 cm³/mol. The Labute approximate surface area is 169 Å². The van der Waals surface area contributed by atoms with Gasteiger partial charge < -0.3 is 15.1 Å². The van der Waals surface area contributed by atoms with Crippen LogP contribution in [-0.2, 0) is 4.79 Å². The predicted octanol–water partition coefficient (Wildman–Crippen LogP) is 2.57. The van der Waals surface area contributed by atoms with Gasteiger partial charge in [-0.2, -0.15) is 0 Å². The first-order valence-corrected chi connectivity index (χ1v) is 9.54. The van der Waals surface area contributed by atoms with Gasteiger partial charge in [0.25, 0.3) is 5.91 Å². The Hall–Kier alpha value is -2.51. The molecule has 3 rings (SSSR count). The summed E-state index contributed by atoms with van der Waals surface area (Å²) in [5, 5.41) is 3.43. The summed E-state index contributed by atoms with van der Waals surface area (Å²) in [7, 11) is 3.76. The maximum atomic E-state index is 12.5. The lowest BCUT2D eigenvalue weighted by Crippen LogP contribution is -2.36. The fourth-order valence-electron chi connectivity index (χ4n) is 3.20. The number of nitrogens with one attached hydrogen (secondary N) is 1. The second-order valence-corrected chi connectivity index (χ2v) is 7.69. The van der Waals surface area contributed by atoms with Gasteiger partial charge in [-0.15, -0.1) is 0 Å². The first-order chi connectivity index (χ1) is 13.3. The number of likely N-dealkylation sites (tertiary alicyclic amines) is 1. The van der Waals surface area contributed by atoms with Crippen molar-refractivity contribution >= 4 is 29.1 Å². The number of halogens is 1. The number of aromatic nitrogens is 2. The number of likely N-dealkylation sites (N-methyl/N-ethyl adjacent to an activating group) is 1. The van der Waals surface area contributed by atoms with Crippen molar-refractivity contribution in [2.24, 2.45) is 0 Å². The van der Waals surface area contributed by atoms with E-state index in [0.29, 0.717) is 47.4 Å². The molecular weight excluding hydrogens is 378 g/mol. The van der Waals surface area contributed by atoms with Gasteiger partial charge in [-0.1, -0.05) is 11.6 Å². The second kappa shape index (κ2) is 8.67. The molecule has 2 aromatic rings. The minimum absolute atomic E-state index is 0.0955. The average Bonchev–Trinajstić information content (AvgIpc) is 3.13. The van der Waals surface area contributed by atoms with E-state index in [1.807, 2.05) is 23.9 Å². The summed E-state index contributed by atoms with van der Waals surface area (Å²) in [5.41, 5.74) is 1.70. The van der Waals surface area contributed by atoms with Crippen LogP contribution in [0.5, 0.6) is 0 Å². The van der Waals surface area contributed by atoms with Crippen molar-refractivity contribution in [1.29, 1.82) is 0 Å². The van der Waals surface area contributed by atoms with Crippen LogP contribution < -0.4 is 5.32 Å². The van der Waals surface area contributed by atoms with Crippen molar-refractivity contribution < 1.29 is 9.59 Å². The third-order valence-corrected chi connectivity index (χ3v) is 4.95. The van der Waals surface area contributed by atoms with Crippen molar-refractivity contribution in [1.82, 2.24) is 19.8 Å². The molecule has 1 fully saturated rings. The van der Waals surface area contributed by atoms with E-state index in [1.165, 1.54) is 0 Å². The van der Waals surface area contributed by atoms with Crippen LogP contribution in [-0.4, -0.2) is 65.3 Å². The fourth-order valence-corrected chi connectivity index (χ4v) is 3.33. The standard InChI is InChI=1S/C20H24ClN5O2/c1-13-17(20(28)24-16-6-4-15(21)5-7-16)10-22-19(23-13)14-8-9-26(11-14)18(27)12-25(2)3/h4-7,10,14H,8-9,11-12H2,1-3H3,(H,24,28)/t14-/m0/s1. The molecule has 1 aromatic carbocycles. The molecule has 1 aliphatic rings. The van der Waals surface area contributed by atoms with E-state index >= 15 is 0 Å². The lowest BCUT2D eigenvalue weighted by atomic mass is 10.1. The van der Waals surface area contributed by atoms with Crippen LogP contribution in [0, 0.1) is 6.92 Å². The number of rotatable bonds is 5. The monoisotopic (exact) mass is 401 g/mol. The molecule has 0 unspecified atom stereocenters. The highest BCUT2D eigenvalue weighted by molar-refractivity contribution is 6.30. The third kappa shape index (κ3) is 4.85. The molecule has 7 nitrogen and oxygen atoms in total. The van der Waals surface area contributed by atoms with Crippen molar-refractivity contribution in [3.63, 3.8) is 0 Å². The Morgan fingerprint density at radius 2 is 2.00 bits per heavy atom. The zero-order valence-electron chi connectivity index (χ0n) is 16.3. The highest BCUT2D eigenvalue weighted by Crippen LogP contribution is 2.25. The largest absolute Gasteiger partial charge is 0.341 e. The fraction of sp³-hybridized carbons (Fsp3) is 0.400. The zero-order valence-corrected chi connectivity index (χ0v) is 17.0. The summed E-state index contributed by atoms with van der Waals surface area (Å²) in [6.07, 6.45) is 2.39. The number of aryl methyl sites for hydroxylation is 1. The molecule has 148 valence electrons. The molecule has 8 heteroatoms. The highest BCUT2D eigenvalue weighted by Gasteiger charge is 2.29. The Morgan fingerprint density at radius 3 is 2.64 bits per heavy atom. The molecule has 2 amide bonds. The van der Waals surface area contributed by atoms with E-state index < -0.39 is 0 Å². The van der Waals surface area contributed by atoms with Crippen LogP contribution in [0.25, 0.3) is 0 Å². The smallest absolute Gasteiger partial charge is 0.259 e. The van der Waals surface area contributed by atoms with Gasteiger partial charge in [0.15, 0.2) is 0 Å². The summed E-state index contributed by atoms with van der Waals surface area (Å²) in [6.45, 7) is 3.52. The van der Waals surface area contributed by atoms with Crippen molar-refractivity contribution in [3.8, 4) is 0 Å². The SMILES string of the molecule is Cc1nc([C@H]2CCN(C(=O)CN(C)C)C2)ncc1C(=O)Nc1ccc(Cl)cc1. The molecule has 1 aliphatic heterocycles. The number of carbonyl (C=O) groups excluding carboxylic acids is 2. The molecule has 0 saturated carbocycles. The first-order valence-electron chi connectivity index (χ1n) is 9.16. The van der Waals surface area contributed by atoms with Crippen LogP contribution in [0.1, 0.15) is 34.2 Å². The van der Waals surface area contributed by atoms with Gasteiger partial charge in [0.2, 0.25) is 5.91 Å². The van der Waals surface area contributed by atoms with Crippen LogP contribution in [0.15, 0.2) is 30.5 Å². The summed E-state index contributed by atoms with van der Waals surface area (Å²) in [4.78, 5) is 37.4. The van der Waals surface area contributed by atoms with E-state index in [-0.39, 0.29) is 17.7 Å². The maximum absolute atomic E-state index is 12.5. The molecule has 0 aliphatic carbocycles. The van der Waals surface area contributed by atoms with Crippen molar-refractivity contribution in [2.45, 2.75) is 19.3 Å². The Morgan fingerprint density at radius 1 is 1.29 bits per heavy atom. The van der Waals surface area contributed by atoms with Crippen LogP contribution in [0.2, 0.25) is 5.02 Å². The molecule has 1 N–H and O–H groups in total. The molecule has 0 spiro atoms. The van der Waals surface area contributed by atoms with Gasteiger partial charge in [-0.3, -0.25) is 9.59 Å². The van der Waals surface area contributed by atoms with Crippen LogP contribution in [0.4, 0.5) is 5.69 Å². The van der Waals surface area contributed by atoms with Crippen molar-refractivity contribution in [2.75, 3.05) is 39.0 Å². The van der Waals surface area contributed by atoms with E-state index in [1.54, 1.807) is 37.4 Å². The van der Waals surface area contributed by atoms with Crippen molar-refractivity contribution in [3.05, 3.63) is 52.6 Å². The Balaban J connectivity index is 1.66. The van der Waals surface area contributed by atoms with Gasteiger partial charge >= 0.3 is 0 Å². The number of hydrogen-bond acceptors (Lipinski definition) is 5. The topological polar surface area (TPSA) is 78.4 Å². The number of nitrogens with zero attached hydrogens (tertiary/aromatic N) is 4. The van der Waals surface area contributed by atoms with Crippen LogP contribution in [0.3, 0.4) is 0 Å². The molecule has 2 heterocycles. The summed E-state index contributed by atoms with van der Waals surface area (Å²) >= 11 is 5.86. The molecule has 1 atom stereocenters. The molecule has 0 radical (unpaired) electrons. The van der Waals surface area contributed by atoms with Gasteiger partial charge in [-0.05, 0) is 51.7 Å². The number of benzene rings is 1. The minimum atomic E-state index is -0.263. The average molecular weight is 402 g/mol. The number of carbonyl (C=O) groups is 2. The van der Waals surface area contributed by atoms with Gasteiger partial charge in [0.1, 0.15) is 5.82 Å². The van der Waals surface area contributed by atoms with E-state index in [9.17, 15) is 9.59 Å². The molecular formula is C20H24ClN5O2. The second-order valence-electron chi connectivity index (χ2n) is 7.25. The van der Waals surface area contributed by atoms with Gasteiger partial charge in [0.05, 0.1) is 17.8 Å². The first kappa shape index (κ1) is 20.2. The lowest BCUT2D eigenvalue weighted by Gasteiger charge is -2.19. The van der Waals surface area contributed by atoms with E-state index in [4.69, 9.17) is 11.6 Å². The number of hydrogen-bond donors (Lipinski definition) is 1. The maximum Gasteiger partial charge on any atom is 0.259 e. The summed E-state index contributed by atoms with van der Waals surface area (Å²) in [5.74, 6) is 0.627. The molecule has 1 saturated heterocycles. The summed E-state index contributed by atoms with van der Waals surface area (Å²) < 4.78 is 0. The number of amides is 2. The minimum Gasteiger partial charge on any atom is -0.341 e. The van der Waals surface area contributed by atoms with E-state index in [0.717, 1.165) is 6.42 Å². The lowest BCUT2D eigenvalue weighted by molar-refractivity contribution is -0.130. The van der Waals surface area contributed by atoms with Gasteiger partial charge in [0, 0.05) is 35.9 Å². The zero-order chi connectivity index (χ0) is 20.3. The highest BCUT2D eigenvalue weighted by atomic mass is 35.5. The normalized spacial score (nSPS) is 16.5. The van der Waals surface area contributed by atoms with Crippen LogP contribution >= 0.6 is 11.6 Å². The molecule has 1 aromatic heterocycles. The number of anilines is 1. The quantitative estimate of drug-likeness (QED) is 0.833.